The molecule has 0 aromatic carbocycles. The molecule has 0 radical (unpaired) electrons. The zero-order valence-corrected chi connectivity index (χ0v) is 23.5. The van der Waals surface area contributed by atoms with Crippen molar-refractivity contribution in [2.24, 2.45) is 5.16 Å². The number of hydrogen-bond acceptors (Lipinski definition) is 12. The molecule has 0 saturated carbocycles. The van der Waals surface area contributed by atoms with Gasteiger partial charge in [-0.15, -0.1) is 11.3 Å². The smallest absolute Gasteiger partial charge is 0.413 e. The van der Waals surface area contributed by atoms with Crippen LogP contribution in [0.15, 0.2) is 23.2 Å². The summed E-state index contributed by atoms with van der Waals surface area (Å²) < 4.78 is 12.0. The first kappa shape index (κ1) is 29.5. The van der Waals surface area contributed by atoms with Gasteiger partial charge in [-0.3, -0.25) is 19.6 Å². The predicted molar refractivity (Wildman–Crippen MR) is 139 cm³/mol. The fourth-order valence-electron chi connectivity index (χ4n) is 3.09. The molecule has 39 heavy (non-hydrogen) atoms. The van der Waals surface area contributed by atoms with E-state index in [0.717, 1.165) is 11.3 Å². The van der Waals surface area contributed by atoms with Crippen LogP contribution in [-0.4, -0.2) is 78.7 Å². The van der Waals surface area contributed by atoms with Crippen molar-refractivity contribution in [1.82, 2.24) is 30.4 Å². The molecule has 1 aliphatic heterocycles. The average molecular weight is 565 g/mol. The third-order valence-electron chi connectivity index (χ3n) is 4.76. The number of β-lactam (4-membered cyclic amide) rings is 1. The van der Waals surface area contributed by atoms with E-state index in [1.165, 1.54) is 29.6 Å². The number of carbonyl (C=O) groups is 4. The third-order valence-corrected chi connectivity index (χ3v) is 5.52. The van der Waals surface area contributed by atoms with E-state index in [0.29, 0.717) is 0 Å². The number of ether oxygens (including phenoxy) is 2. The fourth-order valence-corrected chi connectivity index (χ4v) is 3.77. The number of carbonyl (C=O) groups excluding carboxylic acids is 4. The standard InChI is InChI=1S/C23H32N8O7S/c1-12(19(34)36-22(2,3)4)38-30-16(14-9-39-20(27-14)29-21(35)37-23(5,6)7)18(33)28-15-13(26-17(15)32)8-31-11-24-10-25-31/h9-13,15H,8H2,1-7H3,(H,26,32)(H,28,33)(H,27,29,35)/t12?,13-,15+/m1/s1. The van der Waals surface area contributed by atoms with E-state index < -0.39 is 53.3 Å². The molecule has 3 atom stereocenters. The third kappa shape index (κ3) is 8.73. The molecule has 15 nitrogen and oxygen atoms in total. The molecule has 3 heterocycles. The number of rotatable bonds is 9. The molecule has 0 bridgehead atoms. The summed E-state index contributed by atoms with van der Waals surface area (Å²) in [6, 6.07) is -1.35. The summed E-state index contributed by atoms with van der Waals surface area (Å²) in [5.41, 5.74) is -1.77. The lowest BCUT2D eigenvalue weighted by molar-refractivity contribution is -0.167. The van der Waals surface area contributed by atoms with Crippen molar-refractivity contribution in [3.63, 3.8) is 0 Å². The topological polar surface area (TPSA) is 188 Å². The summed E-state index contributed by atoms with van der Waals surface area (Å²) in [6.07, 6.45) is 0.948. The first-order valence-electron chi connectivity index (χ1n) is 12.0. The zero-order valence-electron chi connectivity index (χ0n) is 22.7. The van der Waals surface area contributed by atoms with Crippen LogP contribution in [-0.2, 0) is 35.2 Å². The van der Waals surface area contributed by atoms with Crippen LogP contribution in [0.2, 0.25) is 0 Å². The van der Waals surface area contributed by atoms with Gasteiger partial charge in [-0.05, 0) is 48.5 Å². The quantitative estimate of drug-likeness (QED) is 0.173. The zero-order chi connectivity index (χ0) is 29.0. The Hall–Kier alpha value is -4.08. The van der Waals surface area contributed by atoms with Crippen LogP contribution >= 0.6 is 11.3 Å². The Bertz CT molecular complexity index is 1230. The Morgan fingerprint density at radius 2 is 1.87 bits per heavy atom. The highest BCUT2D eigenvalue weighted by molar-refractivity contribution is 7.14. The number of oxime groups is 1. The maximum absolute atomic E-state index is 13.3. The van der Waals surface area contributed by atoms with Gasteiger partial charge in [0.15, 0.2) is 10.8 Å². The van der Waals surface area contributed by atoms with E-state index in [9.17, 15) is 19.2 Å². The molecule has 2 aromatic heterocycles. The van der Waals surface area contributed by atoms with Crippen LogP contribution in [0.25, 0.3) is 0 Å². The number of anilines is 1. The number of esters is 1. The molecule has 3 amide bonds. The molecule has 3 N–H and O–H groups in total. The van der Waals surface area contributed by atoms with Crippen LogP contribution in [0.5, 0.6) is 0 Å². The van der Waals surface area contributed by atoms with Gasteiger partial charge in [-0.25, -0.2) is 19.6 Å². The van der Waals surface area contributed by atoms with E-state index in [-0.39, 0.29) is 23.1 Å². The minimum Gasteiger partial charge on any atom is -0.457 e. The van der Waals surface area contributed by atoms with Crippen LogP contribution in [0.3, 0.4) is 0 Å². The lowest BCUT2D eigenvalue weighted by Crippen LogP contribution is -2.70. The molecule has 0 aliphatic carbocycles. The maximum Gasteiger partial charge on any atom is 0.413 e. The molecule has 212 valence electrons. The molecule has 16 heteroatoms. The number of nitrogens with zero attached hydrogens (tertiary/aromatic N) is 5. The molecule has 1 fully saturated rings. The molecule has 2 aromatic rings. The van der Waals surface area contributed by atoms with Gasteiger partial charge >= 0.3 is 12.1 Å². The van der Waals surface area contributed by atoms with Gasteiger partial charge in [-0.2, -0.15) is 5.10 Å². The van der Waals surface area contributed by atoms with Crippen LogP contribution in [0.1, 0.15) is 54.2 Å². The largest absolute Gasteiger partial charge is 0.457 e. The van der Waals surface area contributed by atoms with Crippen molar-refractivity contribution in [3.8, 4) is 0 Å². The van der Waals surface area contributed by atoms with Crippen LogP contribution < -0.4 is 16.0 Å². The number of hydrogen-bond donors (Lipinski definition) is 3. The Kier molecular flexibility index (Phi) is 8.88. The fraction of sp³-hybridized carbons (Fsp3) is 0.565. The number of nitrogens with one attached hydrogen (secondary N) is 3. The average Bonchev–Trinajstić information content (AvgIpc) is 3.47. The number of amides is 3. The normalized spacial score (nSPS) is 18.3. The van der Waals surface area contributed by atoms with Gasteiger partial charge in [0.25, 0.3) is 5.91 Å². The molecule has 1 saturated heterocycles. The molecule has 1 unspecified atom stereocenters. The monoisotopic (exact) mass is 564 g/mol. The van der Waals surface area contributed by atoms with Crippen molar-refractivity contribution in [1.29, 1.82) is 0 Å². The van der Waals surface area contributed by atoms with Gasteiger partial charge in [0.1, 0.15) is 35.6 Å². The van der Waals surface area contributed by atoms with Gasteiger partial charge in [0, 0.05) is 5.38 Å². The summed E-state index contributed by atoms with van der Waals surface area (Å²) >= 11 is 1.01. The molecule has 1 aliphatic rings. The van der Waals surface area contributed by atoms with Crippen LogP contribution in [0.4, 0.5) is 9.93 Å². The Morgan fingerprint density at radius 3 is 2.46 bits per heavy atom. The molecule has 3 rings (SSSR count). The minimum atomic E-state index is -1.16. The van der Waals surface area contributed by atoms with Crippen molar-refractivity contribution >= 4 is 46.1 Å². The van der Waals surface area contributed by atoms with Gasteiger partial charge in [0.2, 0.25) is 12.0 Å². The first-order chi connectivity index (χ1) is 18.1. The van der Waals surface area contributed by atoms with Crippen LogP contribution in [0, 0.1) is 0 Å². The Morgan fingerprint density at radius 1 is 1.18 bits per heavy atom. The van der Waals surface area contributed by atoms with E-state index in [2.05, 4.69) is 36.2 Å². The van der Waals surface area contributed by atoms with Gasteiger partial charge in [-0.1, -0.05) is 5.16 Å². The second-order valence-electron chi connectivity index (χ2n) is 10.6. The highest BCUT2D eigenvalue weighted by atomic mass is 32.1. The lowest BCUT2D eigenvalue weighted by atomic mass is 9.98. The predicted octanol–water partition coefficient (Wildman–Crippen LogP) is 1.22. The van der Waals surface area contributed by atoms with Crippen molar-refractivity contribution in [3.05, 3.63) is 23.7 Å². The second-order valence-corrected chi connectivity index (χ2v) is 11.4. The molecular formula is C23H32N8O7S. The summed E-state index contributed by atoms with van der Waals surface area (Å²) in [6.45, 7) is 11.9. The number of aromatic nitrogens is 4. The van der Waals surface area contributed by atoms with Crippen molar-refractivity contribution < 1.29 is 33.5 Å². The summed E-state index contributed by atoms with van der Waals surface area (Å²) in [7, 11) is 0. The summed E-state index contributed by atoms with van der Waals surface area (Å²) in [5, 5.41) is 17.3. The number of thiazole rings is 1. The van der Waals surface area contributed by atoms with E-state index in [1.807, 2.05) is 0 Å². The van der Waals surface area contributed by atoms with E-state index in [1.54, 1.807) is 41.5 Å². The van der Waals surface area contributed by atoms with Crippen molar-refractivity contribution in [2.75, 3.05) is 5.32 Å². The SMILES string of the molecule is CC(ON=C(C(=O)N[C@@H]1C(=O)N[C@@H]1Cn1cncn1)c1csc(NC(=O)OC(C)(C)C)n1)C(=O)OC(C)(C)C. The van der Waals surface area contributed by atoms with Crippen molar-refractivity contribution in [2.45, 2.75) is 84.4 Å². The Labute approximate surface area is 228 Å². The van der Waals surface area contributed by atoms with E-state index >= 15 is 0 Å². The Balaban J connectivity index is 1.78. The maximum atomic E-state index is 13.3. The highest BCUT2D eigenvalue weighted by Crippen LogP contribution is 2.19. The van der Waals surface area contributed by atoms with E-state index in [4.69, 9.17) is 14.3 Å². The molecule has 0 spiro atoms. The first-order valence-corrected chi connectivity index (χ1v) is 12.9. The molecular weight excluding hydrogens is 532 g/mol. The van der Waals surface area contributed by atoms with Gasteiger partial charge < -0.3 is 24.9 Å². The second kappa shape index (κ2) is 11.8. The minimum absolute atomic E-state index is 0.0347. The summed E-state index contributed by atoms with van der Waals surface area (Å²) in [5.74, 6) is -1.88. The summed E-state index contributed by atoms with van der Waals surface area (Å²) in [4.78, 5) is 63.3. The van der Waals surface area contributed by atoms with Gasteiger partial charge in [0.05, 0.1) is 12.6 Å². The highest BCUT2D eigenvalue weighted by Gasteiger charge is 2.41. The lowest BCUT2D eigenvalue weighted by Gasteiger charge is -2.36.